The molecule has 0 amide bonds. The number of hydrogen-bond acceptors (Lipinski definition) is 4. The molecular weight excluding hydrogens is 327 g/mol. The Kier molecular flexibility index (Phi) is 4.97. The van der Waals surface area contributed by atoms with Crippen molar-refractivity contribution in [1.29, 1.82) is 0 Å². The Labute approximate surface area is 136 Å². The number of aromatic nitrogens is 4. The standard InChI is InChI=1S/C14H11ClN4O2.ClH/c15-12-4-13(17-6-10(12)8-20)19-14(21)11(7-18-19)9-2-1-3-16-5-9;/h1-7,18,20H,8H2;1H. The van der Waals surface area contributed by atoms with Crippen molar-refractivity contribution < 1.29 is 5.11 Å². The van der Waals surface area contributed by atoms with Crippen LogP contribution in [0.4, 0.5) is 0 Å². The molecule has 0 saturated heterocycles. The molecule has 0 radical (unpaired) electrons. The highest BCUT2D eigenvalue weighted by molar-refractivity contribution is 6.31. The Bertz CT molecular complexity index is 830. The number of aliphatic hydroxyl groups is 1. The molecule has 0 atom stereocenters. The first-order chi connectivity index (χ1) is 10.2. The van der Waals surface area contributed by atoms with Gasteiger partial charge in [0.15, 0.2) is 5.82 Å². The molecule has 8 heteroatoms. The molecule has 0 aliphatic carbocycles. The van der Waals surface area contributed by atoms with Crippen LogP contribution in [0.25, 0.3) is 16.9 Å². The second kappa shape index (κ2) is 6.74. The van der Waals surface area contributed by atoms with Crippen LogP contribution in [0.15, 0.2) is 47.8 Å². The zero-order valence-electron chi connectivity index (χ0n) is 11.2. The number of halogens is 2. The number of nitrogens with zero attached hydrogens (tertiary/aromatic N) is 3. The molecule has 0 aliphatic rings. The van der Waals surface area contributed by atoms with Crippen molar-refractivity contribution >= 4 is 24.0 Å². The predicted molar refractivity (Wildman–Crippen MR) is 85.6 cm³/mol. The molecule has 3 aromatic heterocycles. The lowest BCUT2D eigenvalue weighted by Crippen LogP contribution is -2.17. The topological polar surface area (TPSA) is 83.8 Å². The fourth-order valence-electron chi connectivity index (χ4n) is 1.96. The number of H-pyrrole nitrogens is 1. The van der Waals surface area contributed by atoms with E-state index in [1.165, 1.54) is 16.9 Å². The van der Waals surface area contributed by atoms with Gasteiger partial charge in [0.25, 0.3) is 5.56 Å². The van der Waals surface area contributed by atoms with Crippen molar-refractivity contribution in [1.82, 2.24) is 19.7 Å². The second-order valence-electron chi connectivity index (χ2n) is 4.36. The average molecular weight is 339 g/mol. The van der Waals surface area contributed by atoms with Crippen molar-refractivity contribution in [2.24, 2.45) is 0 Å². The van der Waals surface area contributed by atoms with E-state index in [1.807, 2.05) is 0 Å². The van der Waals surface area contributed by atoms with E-state index in [9.17, 15) is 4.79 Å². The summed E-state index contributed by atoms with van der Waals surface area (Å²) in [6.07, 6.45) is 6.29. The fraction of sp³-hybridized carbons (Fsp3) is 0.0714. The maximum Gasteiger partial charge on any atom is 0.280 e. The van der Waals surface area contributed by atoms with Gasteiger partial charge in [-0.1, -0.05) is 17.7 Å². The minimum atomic E-state index is -0.247. The number of pyridine rings is 2. The van der Waals surface area contributed by atoms with Crippen LogP contribution in [-0.2, 0) is 6.61 Å². The van der Waals surface area contributed by atoms with Crippen LogP contribution >= 0.6 is 24.0 Å². The number of hydrogen-bond donors (Lipinski definition) is 2. The van der Waals surface area contributed by atoms with Gasteiger partial charge in [0.2, 0.25) is 0 Å². The van der Waals surface area contributed by atoms with Gasteiger partial charge in [-0.15, -0.1) is 12.4 Å². The van der Waals surface area contributed by atoms with Crippen molar-refractivity contribution in [2.45, 2.75) is 6.61 Å². The highest BCUT2D eigenvalue weighted by Crippen LogP contribution is 2.18. The van der Waals surface area contributed by atoms with E-state index in [2.05, 4.69) is 15.1 Å². The molecule has 3 heterocycles. The van der Waals surface area contributed by atoms with Gasteiger partial charge >= 0.3 is 0 Å². The summed E-state index contributed by atoms with van der Waals surface area (Å²) < 4.78 is 1.29. The molecule has 0 spiro atoms. The normalized spacial score (nSPS) is 10.3. The number of aliphatic hydroxyl groups excluding tert-OH is 1. The Morgan fingerprint density at radius 3 is 2.82 bits per heavy atom. The van der Waals surface area contributed by atoms with E-state index >= 15 is 0 Å². The van der Waals surface area contributed by atoms with Crippen LogP contribution in [-0.4, -0.2) is 24.9 Å². The molecule has 114 valence electrons. The largest absolute Gasteiger partial charge is 0.392 e. The van der Waals surface area contributed by atoms with Gasteiger partial charge in [-0.25, -0.2) is 9.67 Å². The summed E-state index contributed by atoms with van der Waals surface area (Å²) in [5.41, 5.74) is 1.47. The third-order valence-corrected chi connectivity index (χ3v) is 3.41. The summed E-state index contributed by atoms with van der Waals surface area (Å²) in [4.78, 5) is 20.5. The summed E-state index contributed by atoms with van der Waals surface area (Å²) in [6.45, 7) is -0.202. The number of aromatic amines is 1. The summed E-state index contributed by atoms with van der Waals surface area (Å²) >= 11 is 6.02. The van der Waals surface area contributed by atoms with Crippen LogP contribution in [0.5, 0.6) is 0 Å². The molecule has 0 unspecified atom stereocenters. The lowest BCUT2D eigenvalue weighted by molar-refractivity contribution is 0.281. The first kappa shape index (κ1) is 16.2. The minimum absolute atomic E-state index is 0. The Balaban J connectivity index is 0.00000176. The van der Waals surface area contributed by atoms with E-state index in [4.69, 9.17) is 16.7 Å². The molecule has 2 N–H and O–H groups in total. The van der Waals surface area contributed by atoms with Crippen molar-refractivity contribution in [3.63, 3.8) is 0 Å². The zero-order chi connectivity index (χ0) is 14.8. The lowest BCUT2D eigenvalue weighted by atomic mass is 10.2. The minimum Gasteiger partial charge on any atom is -0.392 e. The van der Waals surface area contributed by atoms with E-state index < -0.39 is 0 Å². The second-order valence-corrected chi connectivity index (χ2v) is 4.77. The Hall–Kier alpha value is -2.15. The van der Waals surface area contributed by atoms with Gasteiger partial charge < -0.3 is 5.11 Å². The summed E-state index contributed by atoms with van der Waals surface area (Å²) in [6, 6.07) is 5.09. The van der Waals surface area contributed by atoms with Crippen LogP contribution in [0, 0.1) is 0 Å². The highest BCUT2D eigenvalue weighted by atomic mass is 35.5. The third kappa shape index (κ3) is 2.89. The van der Waals surface area contributed by atoms with Gasteiger partial charge in [-0.3, -0.25) is 14.9 Å². The molecule has 0 saturated carbocycles. The Morgan fingerprint density at radius 1 is 1.36 bits per heavy atom. The maximum absolute atomic E-state index is 12.4. The van der Waals surface area contributed by atoms with E-state index in [1.54, 1.807) is 30.7 Å². The van der Waals surface area contributed by atoms with Gasteiger partial charge in [-0.2, -0.15) is 0 Å². The molecule has 0 fully saturated rings. The van der Waals surface area contributed by atoms with Crippen LogP contribution in [0.1, 0.15) is 5.56 Å². The number of nitrogens with one attached hydrogen (secondary N) is 1. The summed E-state index contributed by atoms with van der Waals surface area (Å²) in [5.74, 6) is 0.359. The molecule has 0 bridgehead atoms. The van der Waals surface area contributed by atoms with Gasteiger partial charge in [0.1, 0.15) is 0 Å². The first-order valence-corrected chi connectivity index (χ1v) is 6.55. The predicted octanol–water partition coefficient (Wildman–Crippen LogP) is 2.19. The Morgan fingerprint density at radius 2 is 2.18 bits per heavy atom. The van der Waals surface area contributed by atoms with E-state index in [0.29, 0.717) is 22.0 Å². The van der Waals surface area contributed by atoms with E-state index in [0.717, 1.165) is 5.56 Å². The highest BCUT2D eigenvalue weighted by Gasteiger charge is 2.12. The van der Waals surface area contributed by atoms with Crippen molar-refractivity contribution in [2.75, 3.05) is 0 Å². The van der Waals surface area contributed by atoms with Gasteiger partial charge in [-0.05, 0) is 6.07 Å². The van der Waals surface area contributed by atoms with E-state index in [-0.39, 0.29) is 24.6 Å². The maximum atomic E-state index is 12.4. The molecule has 3 aromatic rings. The third-order valence-electron chi connectivity index (χ3n) is 3.06. The first-order valence-electron chi connectivity index (χ1n) is 6.17. The average Bonchev–Trinajstić information content (AvgIpc) is 2.90. The smallest absolute Gasteiger partial charge is 0.280 e. The fourth-order valence-corrected chi connectivity index (χ4v) is 2.16. The molecule has 0 aromatic carbocycles. The summed E-state index contributed by atoms with van der Waals surface area (Å²) in [7, 11) is 0. The molecule has 22 heavy (non-hydrogen) atoms. The van der Waals surface area contributed by atoms with Gasteiger partial charge in [0, 0.05) is 42.0 Å². The SMILES string of the molecule is Cl.O=c1c(-c2cccnc2)c[nH]n1-c1cc(Cl)c(CO)cn1. The molecule has 0 aliphatic heterocycles. The van der Waals surface area contributed by atoms with Crippen molar-refractivity contribution in [3.05, 3.63) is 63.9 Å². The monoisotopic (exact) mass is 338 g/mol. The molecular formula is C14H12Cl2N4O2. The molecule has 6 nitrogen and oxygen atoms in total. The number of rotatable bonds is 3. The van der Waals surface area contributed by atoms with Crippen LogP contribution in [0.2, 0.25) is 5.02 Å². The van der Waals surface area contributed by atoms with Crippen molar-refractivity contribution in [3.8, 4) is 16.9 Å². The van der Waals surface area contributed by atoms with Crippen LogP contribution in [0.3, 0.4) is 0 Å². The van der Waals surface area contributed by atoms with Crippen LogP contribution < -0.4 is 5.56 Å². The quantitative estimate of drug-likeness (QED) is 0.766. The molecule has 3 rings (SSSR count). The summed E-state index contributed by atoms with van der Waals surface area (Å²) in [5, 5.41) is 12.3. The lowest BCUT2D eigenvalue weighted by Gasteiger charge is -2.04. The van der Waals surface area contributed by atoms with Gasteiger partial charge in [0.05, 0.1) is 17.2 Å². The zero-order valence-corrected chi connectivity index (χ0v) is 12.8.